The van der Waals surface area contributed by atoms with E-state index in [1.54, 1.807) is 18.3 Å². The van der Waals surface area contributed by atoms with E-state index in [1.807, 2.05) is 23.9 Å². The number of aryl methyl sites for hydroxylation is 1. The minimum Gasteiger partial charge on any atom is -0.326 e. The lowest BCUT2D eigenvalue weighted by Crippen LogP contribution is -1.98. The van der Waals surface area contributed by atoms with Crippen LogP contribution < -0.4 is 5.32 Å². The van der Waals surface area contributed by atoms with Gasteiger partial charge in [0.25, 0.3) is 0 Å². The summed E-state index contributed by atoms with van der Waals surface area (Å²) < 4.78 is 1.88. The van der Waals surface area contributed by atoms with Crippen LogP contribution in [0.1, 0.15) is 0 Å². The molecule has 0 fully saturated rings. The zero-order valence-corrected chi connectivity index (χ0v) is 9.55. The van der Waals surface area contributed by atoms with Crippen LogP contribution in [-0.2, 0) is 7.05 Å². The van der Waals surface area contributed by atoms with Crippen LogP contribution in [0.3, 0.4) is 0 Å². The molecular formula is C10H9Cl2N3. The summed E-state index contributed by atoms with van der Waals surface area (Å²) in [4.78, 5) is 4.14. The Kier molecular flexibility index (Phi) is 2.84. The minimum absolute atomic E-state index is 0.524. The van der Waals surface area contributed by atoms with Gasteiger partial charge in [-0.2, -0.15) is 0 Å². The van der Waals surface area contributed by atoms with Crippen LogP contribution in [0.4, 0.5) is 11.6 Å². The highest BCUT2D eigenvalue weighted by Gasteiger charge is 2.02. The number of benzene rings is 1. The molecule has 3 nitrogen and oxygen atoms in total. The molecule has 0 atom stereocenters. The second-order valence-electron chi connectivity index (χ2n) is 3.12. The van der Waals surface area contributed by atoms with Crippen LogP contribution >= 0.6 is 23.2 Å². The molecule has 78 valence electrons. The van der Waals surface area contributed by atoms with Gasteiger partial charge in [-0.15, -0.1) is 0 Å². The number of anilines is 2. The zero-order valence-electron chi connectivity index (χ0n) is 8.04. The first-order valence-corrected chi connectivity index (χ1v) is 5.12. The first-order valence-electron chi connectivity index (χ1n) is 4.36. The van der Waals surface area contributed by atoms with E-state index in [9.17, 15) is 0 Å². The Morgan fingerprint density at radius 1 is 1.27 bits per heavy atom. The highest BCUT2D eigenvalue weighted by atomic mass is 35.5. The van der Waals surface area contributed by atoms with E-state index in [2.05, 4.69) is 10.3 Å². The molecule has 1 aromatic carbocycles. The Hall–Kier alpha value is -1.19. The molecule has 1 N–H and O–H groups in total. The van der Waals surface area contributed by atoms with Crippen molar-refractivity contribution in [3.63, 3.8) is 0 Å². The van der Waals surface area contributed by atoms with Crippen molar-refractivity contribution in [1.82, 2.24) is 9.55 Å². The Balaban J connectivity index is 2.25. The van der Waals surface area contributed by atoms with E-state index >= 15 is 0 Å². The number of aromatic nitrogens is 2. The zero-order chi connectivity index (χ0) is 10.8. The van der Waals surface area contributed by atoms with Gasteiger partial charge in [0, 0.05) is 25.1 Å². The second kappa shape index (κ2) is 4.13. The summed E-state index contributed by atoms with van der Waals surface area (Å²) in [5.41, 5.74) is 0.860. The predicted molar refractivity (Wildman–Crippen MR) is 63.0 cm³/mol. The van der Waals surface area contributed by atoms with Crippen LogP contribution in [0.2, 0.25) is 10.0 Å². The number of halogens is 2. The number of nitrogens with zero attached hydrogens (tertiary/aromatic N) is 2. The normalized spacial score (nSPS) is 10.3. The first-order chi connectivity index (χ1) is 7.16. The second-order valence-corrected chi connectivity index (χ2v) is 3.93. The fraction of sp³-hybridized carbons (Fsp3) is 0.100. The van der Waals surface area contributed by atoms with Gasteiger partial charge < -0.3 is 9.88 Å². The Bertz CT molecular complexity index is 479. The van der Waals surface area contributed by atoms with Crippen molar-refractivity contribution >= 4 is 34.8 Å². The monoisotopic (exact) mass is 241 g/mol. The summed E-state index contributed by atoms with van der Waals surface area (Å²) in [6.45, 7) is 0. The fourth-order valence-electron chi connectivity index (χ4n) is 1.19. The van der Waals surface area contributed by atoms with E-state index in [-0.39, 0.29) is 0 Å². The van der Waals surface area contributed by atoms with E-state index in [0.29, 0.717) is 10.0 Å². The average Bonchev–Trinajstić information content (AvgIpc) is 2.59. The maximum Gasteiger partial charge on any atom is 0.207 e. The van der Waals surface area contributed by atoms with E-state index in [0.717, 1.165) is 11.6 Å². The number of imidazole rings is 1. The number of nitrogens with one attached hydrogen (secondary N) is 1. The standard InChI is InChI=1S/C10H9Cl2N3/c1-15-5-4-13-10(15)14-7-2-3-8(11)9(12)6-7/h2-6H,1H3,(H,13,14). The number of rotatable bonds is 2. The van der Waals surface area contributed by atoms with Gasteiger partial charge in [-0.25, -0.2) is 4.98 Å². The summed E-state index contributed by atoms with van der Waals surface area (Å²) in [5, 5.41) is 4.20. The lowest BCUT2D eigenvalue weighted by molar-refractivity contribution is 0.924. The average molecular weight is 242 g/mol. The van der Waals surface area contributed by atoms with E-state index in [4.69, 9.17) is 23.2 Å². The SMILES string of the molecule is Cn1ccnc1Nc1ccc(Cl)c(Cl)c1. The third kappa shape index (κ3) is 2.25. The quantitative estimate of drug-likeness (QED) is 0.873. The van der Waals surface area contributed by atoms with Crippen molar-refractivity contribution in [3.05, 3.63) is 40.6 Å². The van der Waals surface area contributed by atoms with Crippen molar-refractivity contribution in [3.8, 4) is 0 Å². The molecule has 0 spiro atoms. The van der Waals surface area contributed by atoms with Crippen molar-refractivity contribution in [2.75, 3.05) is 5.32 Å². The molecule has 1 heterocycles. The number of hydrogen-bond acceptors (Lipinski definition) is 2. The molecule has 0 radical (unpaired) electrons. The Morgan fingerprint density at radius 2 is 2.07 bits per heavy atom. The van der Waals surface area contributed by atoms with Crippen LogP contribution in [0.25, 0.3) is 0 Å². The van der Waals surface area contributed by atoms with Gasteiger partial charge in [0.1, 0.15) is 0 Å². The molecule has 15 heavy (non-hydrogen) atoms. The topological polar surface area (TPSA) is 29.9 Å². The van der Waals surface area contributed by atoms with Crippen LogP contribution in [0, 0.1) is 0 Å². The molecule has 0 aliphatic heterocycles. The summed E-state index contributed by atoms with van der Waals surface area (Å²) in [6, 6.07) is 5.36. The molecule has 0 saturated heterocycles. The lowest BCUT2D eigenvalue weighted by Gasteiger charge is -2.06. The molecule has 0 saturated carbocycles. The van der Waals surface area contributed by atoms with Gasteiger partial charge in [0.05, 0.1) is 10.0 Å². The molecule has 0 amide bonds. The van der Waals surface area contributed by atoms with Gasteiger partial charge in [-0.05, 0) is 18.2 Å². The largest absolute Gasteiger partial charge is 0.326 e. The van der Waals surface area contributed by atoms with Gasteiger partial charge in [-0.3, -0.25) is 0 Å². The first kappa shape index (κ1) is 10.3. The Morgan fingerprint density at radius 3 is 2.67 bits per heavy atom. The van der Waals surface area contributed by atoms with Gasteiger partial charge in [0.2, 0.25) is 5.95 Å². The molecule has 5 heteroatoms. The van der Waals surface area contributed by atoms with Gasteiger partial charge >= 0.3 is 0 Å². The van der Waals surface area contributed by atoms with Gasteiger partial charge in [-0.1, -0.05) is 23.2 Å². The molecule has 0 aliphatic rings. The van der Waals surface area contributed by atoms with Crippen molar-refractivity contribution < 1.29 is 0 Å². The third-order valence-corrected chi connectivity index (χ3v) is 2.74. The van der Waals surface area contributed by atoms with Crippen molar-refractivity contribution in [2.45, 2.75) is 0 Å². The van der Waals surface area contributed by atoms with Crippen LogP contribution in [0.5, 0.6) is 0 Å². The summed E-state index contributed by atoms with van der Waals surface area (Å²) >= 11 is 11.7. The molecule has 0 aliphatic carbocycles. The molecule has 0 bridgehead atoms. The summed E-state index contributed by atoms with van der Waals surface area (Å²) in [6.07, 6.45) is 3.58. The molecule has 0 unspecified atom stereocenters. The fourth-order valence-corrected chi connectivity index (χ4v) is 1.49. The maximum atomic E-state index is 5.89. The highest BCUT2D eigenvalue weighted by molar-refractivity contribution is 6.42. The predicted octanol–water partition coefficient (Wildman–Crippen LogP) is 3.47. The maximum absolute atomic E-state index is 5.89. The van der Waals surface area contributed by atoms with Crippen molar-refractivity contribution in [1.29, 1.82) is 0 Å². The lowest BCUT2D eigenvalue weighted by atomic mass is 10.3. The van der Waals surface area contributed by atoms with E-state index in [1.165, 1.54) is 0 Å². The summed E-state index contributed by atoms with van der Waals surface area (Å²) in [5.74, 6) is 0.758. The molecule has 2 rings (SSSR count). The van der Waals surface area contributed by atoms with Crippen LogP contribution in [0.15, 0.2) is 30.6 Å². The molecule has 2 aromatic rings. The molecular weight excluding hydrogens is 233 g/mol. The highest BCUT2D eigenvalue weighted by Crippen LogP contribution is 2.26. The third-order valence-electron chi connectivity index (χ3n) is 2.00. The minimum atomic E-state index is 0.524. The summed E-state index contributed by atoms with van der Waals surface area (Å²) in [7, 11) is 1.91. The van der Waals surface area contributed by atoms with Gasteiger partial charge in [0.15, 0.2) is 0 Å². The van der Waals surface area contributed by atoms with E-state index < -0.39 is 0 Å². The van der Waals surface area contributed by atoms with Crippen molar-refractivity contribution in [2.24, 2.45) is 7.05 Å². The smallest absolute Gasteiger partial charge is 0.207 e. The van der Waals surface area contributed by atoms with Crippen LogP contribution in [-0.4, -0.2) is 9.55 Å². The number of hydrogen-bond donors (Lipinski definition) is 1. The molecule has 1 aromatic heterocycles. The Labute approximate surface area is 97.6 Å².